The molecule has 2 aromatic rings. The lowest BCUT2D eigenvalue weighted by atomic mass is 10.0. The second kappa shape index (κ2) is 8.53. The van der Waals surface area contributed by atoms with Gasteiger partial charge in [-0.2, -0.15) is 0 Å². The minimum Gasteiger partial charge on any atom is -0.379 e. The molecule has 0 radical (unpaired) electrons. The van der Waals surface area contributed by atoms with E-state index in [-0.39, 0.29) is 11.8 Å². The number of hydrogen-bond donors (Lipinski definition) is 0. The third-order valence-electron chi connectivity index (χ3n) is 5.49. The Balaban J connectivity index is 1.67. The van der Waals surface area contributed by atoms with Crippen LogP contribution in [-0.4, -0.2) is 63.2 Å². The number of carbonyl (C=O) groups excluding carboxylic acids is 2. The molecule has 2 heterocycles. The SMILES string of the molecule is CN1C(=O)c2cc(Cl)ccc2N(CCCN2CCOCC2)C(=O)c2ccccc21. The second-order valence-electron chi connectivity index (χ2n) is 7.31. The zero-order valence-electron chi connectivity index (χ0n) is 16.4. The number of benzene rings is 2. The molecule has 2 aliphatic heterocycles. The van der Waals surface area contributed by atoms with Crippen molar-refractivity contribution in [2.75, 3.05) is 56.2 Å². The first-order chi connectivity index (χ1) is 14.1. The fraction of sp³-hybridized carbons (Fsp3) is 0.364. The van der Waals surface area contributed by atoms with Crippen molar-refractivity contribution in [3.63, 3.8) is 0 Å². The van der Waals surface area contributed by atoms with Gasteiger partial charge in [0, 0.05) is 38.2 Å². The average Bonchev–Trinajstić information content (AvgIpc) is 2.76. The summed E-state index contributed by atoms with van der Waals surface area (Å²) in [7, 11) is 1.69. The van der Waals surface area contributed by atoms with Gasteiger partial charge in [0.2, 0.25) is 0 Å². The van der Waals surface area contributed by atoms with E-state index in [0.29, 0.717) is 34.1 Å². The number of amides is 2. The van der Waals surface area contributed by atoms with E-state index in [4.69, 9.17) is 16.3 Å². The largest absolute Gasteiger partial charge is 0.379 e. The molecule has 0 unspecified atom stereocenters. The van der Waals surface area contributed by atoms with Gasteiger partial charge in [0.25, 0.3) is 11.8 Å². The third-order valence-corrected chi connectivity index (χ3v) is 5.72. The lowest BCUT2D eigenvalue weighted by molar-refractivity contribution is 0.0376. The molecule has 0 bridgehead atoms. The van der Waals surface area contributed by atoms with Gasteiger partial charge in [0.05, 0.1) is 35.7 Å². The highest BCUT2D eigenvalue weighted by Crippen LogP contribution is 2.33. The van der Waals surface area contributed by atoms with Crippen LogP contribution in [0.2, 0.25) is 5.02 Å². The number of para-hydroxylation sites is 1. The van der Waals surface area contributed by atoms with Crippen LogP contribution in [-0.2, 0) is 4.74 Å². The number of fused-ring (bicyclic) bond motifs is 2. The first kappa shape index (κ1) is 19.9. The maximum Gasteiger partial charge on any atom is 0.260 e. The lowest BCUT2D eigenvalue weighted by Crippen LogP contribution is -2.41. The number of nitrogens with zero attached hydrogens (tertiary/aromatic N) is 3. The van der Waals surface area contributed by atoms with Crippen molar-refractivity contribution in [3.8, 4) is 0 Å². The molecule has 1 fully saturated rings. The van der Waals surface area contributed by atoms with Crippen LogP contribution in [0.5, 0.6) is 0 Å². The maximum atomic E-state index is 13.5. The van der Waals surface area contributed by atoms with E-state index in [9.17, 15) is 9.59 Å². The molecular formula is C22H24ClN3O3. The van der Waals surface area contributed by atoms with E-state index in [1.54, 1.807) is 42.3 Å². The van der Waals surface area contributed by atoms with Gasteiger partial charge in [-0.1, -0.05) is 23.7 Å². The molecule has 0 saturated carbocycles. The van der Waals surface area contributed by atoms with Crippen LogP contribution in [0, 0.1) is 0 Å². The van der Waals surface area contributed by atoms with E-state index in [0.717, 1.165) is 39.3 Å². The molecule has 29 heavy (non-hydrogen) atoms. The Hall–Kier alpha value is -2.41. The molecule has 2 aliphatic rings. The van der Waals surface area contributed by atoms with Crippen molar-refractivity contribution in [3.05, 3.63) is 58.6 Å². The number of hydrogen-bond acceptors (Lipinski definition) is 4. The van der Waals surface area contributed by atoms with E-state index in [1.807, 2.05) is 12.1 Å². The quantitative estimate of drug-likeness (QED) is 0.771. The third kappa shape index (κ3) is 4.01. The molecule has 0 atom stereocenters. The summed E-state index contributed by atoms with van der Waals surface area (Å²) in [5, 5.41) is 0.472. The van der Waals surface area contributed by atoms with E-state index in [2.05, 4.69) is 4.90 Å². The predicted octanol–water partition coefficient (Wildman–Crippen LogP) is 3.30. The van der Waals surface area contributed by atoms with Crippen LogP contribution in [0.1, 0.15) is 27.1 Å². The van der Waals surface area contributed by atoms with Gasteiger partial charge in [-0.3, -0.25) is 14.5 Å². The molecule has 4 rings (SSSR count). The number of rotatable bonds is 4. The zero-order chi connectivity index (χ0) is 20.4. The normalized spacial score (nSPS) is 17.6. The highest BCUT2D eigenvalue weighted by Gasteiger charge is 2.31. The Kier molecular flexibility index (Phi) is 5.85. The minimum atomic E-state index is -0.180. The van der Waals surface area contributed by atoms with Gasteiger partial charge >= 0.3 is 0 Å². The van der Waals surface area contributed by atoms with Crippen LogP contribution in [0.25, 0.3) is 0 Å². The van der Waals surface area contributed by atoms with Gasteiger partial charge in [-0.05, 0) is 36.8 Å². The first-order valence-electron chi connectivity index (χ1n) is 9.85. The topological polar surface area (TPSA) is 53.1 Å². The van der Waals surface area contributed by atoms with Crippen molar-refractivity contribution >= 4 is 34.8 Å². The van der Waals surface area contributed by atoms with Gasteiger partial charge in [0.15, 0.2) is 0 Å². The van der Waals surface area contributed by atoms with E-state index < -0.39 is 0 Å². The molecule has 1 saturated heterocycles. The summed E-state index contributed by atoms with van der Waals surface area (Å²) in [5.74, 6) is -0.286. The number of carbonyl (C=O) groups is 2. The highest BCUT2D eigenvalue weighted by atomic mass is 35.5. The van der Waals surface area contributed by atoms with Crippen LogP contribution in [0.15, 0.2) is 42.5 Å². The second-order valence-corrected chi connectivity index (χ2v) is 7.74. The molecule has 2 aromatic carbocycles. The number of anilines is 2. The van der Waals surface area contributed by atoms with Crippen molar-refractivity contribution in [1.82, 2.24) is 4.90 Å². The zero-order valence-corrected chi connectivity index (χ0v) is 17.2. The number of halogens is 1. The Morgan fingerprint density at radius 2 is 1.69 bits per heavy atom. The molecule has 0 aromatic heterocycles. The molecule has 0 spiro atoms. The molecule has 0 N–H and O–H groups in total. The van der Waals surface area contributed by atoms with Gasteiger partial charge in [-0.15, -0.1) is 0 Å². The summed E-state index contributed by atoms with van der Waals surface area (Å²) < 4.78 is 5.40. The highest BCUT2D eigenvalue weighted by molar-refractivity contribution is 6.31. The predicted molar refractivity (Wildman–Crippen MR) is 114 cm³/mol. The van der Waals surface area contributed by atoms with Crippen molar-refractivity contribution < 1.29 is 14.3 Å². The fourth-order valence-electron chi connectivity index (χ4n) is 3.91. The first-order valence-corrected chi connectivity index (χ1v) is 10.2. The van der Waals surface area contributed by atoms with Crippen molar-refractivity contribution in [2.45, 2.75) is 6.42 Å². The Bertz CT molecular complexity index is 927. The smallest absolute Gasteiger partial charge is 0.260 e. The molecule has 152 valence electrons. The molecular weight excluding hydrogens is 390 g/mol. The lowest BCUT2D eigenvalue weighted by Gasteiger charge is -2.32. The fourth-order valence-corrected chi connectivity index (χ4v) is 4.08. The molecule has 7 heteroatoms. The van der Waals surface area contributed by atoms with Crippen LogP contribution in [0.3, 0.4) is 0 Å². The number of ether oxygens (including phenoxy) is 1. The van der Waals surface area contributed by atoms with Crippen LogP contribution in [0.4, 0.5) is 11.4 Å². The summed E-state index contributed by atoms with van der Waals surface area (Å²) in [6.07, 6.45) is 0.806. The van der Waals surface area contributed by atoms with Gasteiger partial charge in [0.1, 0.15) is 0 Å². The summed E-state index contributed by atoms with van der Waals surface area (Å²) >= 11 is 6.18. The van der Waals surface area contributed by atoms with E-state index in [1.165, 1.54) is 4.90 Å². The van der Waals surface area contributed by atoms with E-state index >= 15 is 0 Å². The summed E-state index contributed by atoms with van der Waals surface area (Å²) in [6, 6.07) is 12.4. The van der Waals surface area contributed by atoms with Crippen LogP contribution < -0.4 is 9.80 Å². The number of morpholine rings is 1. The summed E-state index contributed by atoms with van der Waals surface area (Å²) in [4.78, 5) is 32.3. The van der Waals surface area contributed by atoms with Crippen LogP contribution >= 0.6 is 11.6 Å². The summed E-state index contributed by atoms with van der Waals surface area (Å²) in [6.45, 7) is 4.72. The Morgan fingerprint density at radius 3 is 2.48 bits per heavy atom. The minimum absolute atomic E-state index is 0.106. The Labute approximate surface area is 175 Å². The molecule has 6 nitrogen and oxygen atoms in total. The van der Waals surface area contributed by atoms with Gasteiger partial charge in [-0.25, -0.2) is 0 Å². The maximum absolute atomic E-state index is 13.5. The molecule has 2 amide bonds. The summed E-state index contributed by atoms with van der Waals surface area (Å²) in [5.41, 5.74) is 2.17. The van der Waals surface area contributed by atoms with Crippen molar-refractivity contribution in [2.24, 2.45) is 0 Å². The molecule has 0 aliphatic carbocycles. The van der Waals surface area contributed by atoms with Gasteiger partial charge < -0.3 is 14.5 Å². The average molecular weight is 414 g/mol. The Morgan fingerprint density at radius 1 is 0.931 bits per heavy atom. The monoisotopic (exact) mass is 413 g/mol. The standard InChI is InChI=1S/C22H24ClN3O3/c1-24-19-6-3-2-5-17(19)22(28)26(10-4-9-25-11-13-29-14-12-25)20-8-7-16(23)15-18(20)21(24)27/h2-3,5-8,15H,4,9-14H2,1H3. The van der Waals surface area contributed by atoms with Crippen molar-refractivity contribution in [1.29, 1.82) is 0 Å².